The molecule has 8 nitrogen and oxygen atoms in total. The summed E-state index contributed by atoms with van der Waals surface area (Å²) >= 11 is 0. The summed E-state index contributed by atoms with van der Waals surface area (Å²) in [5, 5.41) is 3.17. The zero-order chi connectivity index (χ0) is 16.2. The van der Waals surface area contributed by atoms with Gasteiger partial charge in [0.05, 0.1) is 0 Å². The number of unbranched alkanes of at least 4 members (excludes halogenated alkanes) is 1. The molecule has 1 saturated heterocycles. The molecule has 3 rings (SSSR count). The number of aromatic nitrogens is 4. The Morgan fingerprint density at radius 2 is 2.17 bits per heavy atom. The fourth-order valence-electron chi connectivity index (χ4n) is 2.86. The van der Waals surface area contributed by atoms with E-state index in [-0.39, 0.29) is 5.69 Å². The summed E-state index contributed by atoms with van der Waals surface area (Å²) < 4.78 is 7.05. The molecule has 0 aromatic carbocycles. The van der Waals surface area contributed by atoms with E-state index in [1.165, 1.54) is 0 Å². The third-order valence-electron chi connectivity index (χ3n) is 4.25. The predicted octanol–water partition coefficient (Wildman–Crippen LogP) is 1.34. The summed E-state index contributed by atoms with van der Waals surface area (Å²) in [6.07, 6.45) is 4.04. The number of anilines is 2. The number of hydrogen-bond acceptors (Lipinski definition) is 6. The maximum absolute atomic E-state index is 12.3. The Morgan fingerprint density at radius 3 is 2.91 bits per heavy atom. The van der Waals surface area contributed by atoms with Crippen molar-refractivity contribution in [1.82, 2.24) is 19.5 Å². The fourth-order valence-corrected chi connectivity index (χ4v) is 2.86. The Morgan fingerprint density at radius 1 is 1.39 bits per heavy atom. The first-order valence-corrected chi connectivity index (χ1v) is 8.26. The first kappa shape index (κ1) is 15.8. The maximum Gasteiger partial charge on any atom is 0.327 e. The van der Waals surface area contributed by atoms with Gasteiger partial charge in [-0.15, -0.1) is 0 Å². The number of fused-ring (bicyclic) bond motifs is 1. The highest BCUT2D eigenvalue weighted by Crippen LogP contribution is 2.21. The zero-order valence-corrected chi connectivity index (χ0v) is 13.5. The molecule has 2 aromatic rings. The van der Waals surface area contributed by atoms with Crippen LogP contribution in [0.5, 0.6) is 0 Å². The second-order valence-corrected chi connectivity index (χ2v) is 6.01. The number of H-pyrrole nitrogens is 1. The molecule has 1 aliphatic heterocycles. The van der Waals surface area contributed by atoms with Gasteiger partial charge in [0.1, 0.15) is 5.52 Å². The minimum absolute atomic E-state index is 0.182. The molecule has 0 unspecified atom stereocenters. The lowest BCUT2D eigenvalue weighted by Gasteiger charge is -2.22. The normalized spacial score (nSPS) is 16.0. The van der Waals surface area contributed by atoms with Gasteiger partial charge >= 0.3 is 5.69 Å². The van der Waals surface area contributed by atoms with Crippen LogP contribution < -0.4 is 16.7 Å². The lowest BCUT2D eigenvalue weighted by Crippen LogP contribution is -2.26. The van der Waals surface area contributed by atoms with Gasteiger partial charge in [-0.3, -0.25) is 4.57 Å². The number of nitrogens with zero attached hydrogens (tertiary/aromatic N) is 3. The summed E-state index contributed by atoms with van der Waals surface area (Å²) in [5.74, 6) is 1.20. The standard InChI is InChI=1S/C15H24N6O2/c1-2-3-6-17-14-19-12(16)11-13(20-14)21(15(22)18-11)9-10-4-7-23-8-5-10/h10H,2-9H2,1H3,(H,18,22)(H3,16,17,19,20). The molecule has 0 saturated carbocycles. The van der Waals surface area contributed by atoms with Crippen molar-refractivity contribution in [3.63, 3.8) is 0 Å². The summed E-state index contributed by atoms with van der Waals surface area (Å²) in [7, 11) is 0. The minimum atomic E-state index is -0.182. The van der Waals surface area contributed by atoms with E-state index in [0.717, 1.165) is 45.4 Å². The molecule has 0 amide bonds. The number of ether oxygens (including phenoxy) is 1. The molecular formula is C15H24N6O2. The molecule has 0 radical (unpaired) electrons. The molecule has 1 fully saturated rings. The highest BCUT2D eigenvalue weighted by molar-refractivity contribution is 5.82. The lowest BCUT2D eigenvalue weighted by atomic mass is 10.0. The molecule has 126 valence electrons. The van der Waals surface area contributed by atoms with Crippen molar-refractivity contribution in [2.45, 2.75) is 39.2 Å². The Bertz CT molecular complexity index is 717. The molecule has 0 aliphatic carbocycles. The molecule has 1 aliphatic rings. The number of imidazole rings is 1. The van der Waals surface area contributed by atoms with Gasteiger partial charge in [-0.2, -0.15) is 9.97 Å². The number of aromatic amines is 1. The van der Waals surface area contributed by atoms with Crippen LogP contribution in [0.1, 0.15) is 32.6 Å². The Kier molecular flexibility index (Phi) is 4.80. The van der Waals surface area contributed by atoms with E-state index in [1.807, 2.05) is 0 Å². The van der Waals surface area contributed by atoms with Crippen LogP contribution >= 0.6 is 0 Å². The van der Waals surface area contributed by atoms with Crippen LogP contribution in [0.25, 0.3) is 11.2 Å². The molecule has 0 atom stereocenters. The van der Waals surface area contributed by atoms with E-state index in [0.29, 0.717) is 35.4 Å². The zero-order valence-electron chi connectivity index (χ0n) is 13.5. The number of nitrogen functional groups attached to an aromatic ring is 1. The molecule has 8 heteroatoms. The number of nitrogens with one attached hydrogen (secondary N) is 2. The number of nitrogens with two attached hydrogens (primary N) is 1. The third-order valence-corrected chi connectivity index (χ3v) is 4.25. The van der Waals surface area contributed by atoms with Gasteiger partial charge in [0, 0.05) is 26.3 Å². The average molecular weight is 320 g/mol. The van der Waals surface area contributed by atoms with Crippen molar-refractivity contribution in [1.29, 1.82) is 0 Å². The topological polar surface area (TPSA) is 111 Å². The molecule has 3 heterocycles. The molecule has 23 heavy (non-hydrogen) atoms. The van der Waals surface area contributed by atoms with E-state index in [9.17, 15) is 4.79 Å². The Labute approximate surface area is 134 Å². The van der Waals surface area contributed by atoms with Crippen LogP contribution in [0.15, 0.2) is 4.79 Å². The van der Waals surface area contributed by atoms with Crippen molar-refractivity contribution < 1.29 is 4.74 Å². The molecule has 0 bridgehead atoms. The second kappa shape index (κ2) is 6.99. The van der Waals surface area contributed by atoms with Gasteiger partial charge in [-0.1, -0.05) is 13.3 Å². The highest BCUT2D eigenvalue weighted by atomic mass is 16.5. The minimum Gasteiger partial charge on any atom is -0.382 e. The lowest BCUT2D eigenvalue weighted by molar-refractivity contribution is 0.0613. The molecule has 2 aromatic heterocycles. The van der Waals surface area contributed by atoms with Crippen LogP contribution in [0, 0.1) is 5.92 Å². The van der Waals surface area contributed by atoms with Crippen molar-refractivity contribution in [2.24, 2.45) is 5.92 Å². The first-order valence-electron chi connectivity index (χ1n) is 8.26. The van der Waals surface area contributed by atoms with Crippen LogP contribution in [0.4, 0.5) is 11.8 Å². The Hall–Kier alpha value is -2.09. The highest BCUT2D eigenvalue weighted by Gasteiger charge is 2.19. The summed E-state index contributed by atoms with van der Waals surface area (Å²) in [6.45, 7) is 5.05. The summed E-state index contributed by atoms with van der Waals surface area (Å²) in [5.41, 5.74) is 6.89. The van der Waals surface area contributed by atoms with E-state index in [2.05, 4.69) is 27.2 Å². The number of hydrogen-bond donors (Lipinski definition) is 3. The van der Waals surface area contributed by atoms with Crippen molar-refractivity contribution in [3.8, 4) is 0 Å². The van der Waals surface area contributed by atoms with Crippen molar-refractivity contribution in [3.05, 3.63) is 10.5 Å². The maximum atomic E-state index is 12.3. The molecule has 4 N–H and O–H groups in total. The monoisotopic (exact) mass is 320 g/mol. The largest absolute Gasteiger partial charge is 0.382 e. The molecular weight excluding hydrogens is 296 g/mol. The van der Waals surface area contributed by atoms with E-state index in [4.69, 9.17) is 10.5 Å². The van der Waals surface area contributed by atoms with Crippen molar-refractivity contribution >= 4 is 22.9 Å². The van der Waals surface area contributed by atoms with Crippen molar-refractivity contribution in [2.75, 3.05) is 30.8 Å². The van der Waals surface area contributed by atoms with Gasteiger partial charge in [0.25, 0.3) is 0 Å². The van der Waals surface area contributed by atoms with Crippen LogP contribution in [0.3, 0.4) is 0 Å². The van der Waals surface area contributed by atoms with E-state index in [1.54, 1.807) is 4.57 Å². The van der Waals surface area contributed by atoms with Crippen LogP contribution in [-0.2, 0) is 11.3 Å². The quantitative estimate of drug-likeness (QED) is 0.693. The van der Waals surface area contributed by atoms with Gasteiger partial charge in [-0.25, -0.2) is 4.79 Å². The summed E-state index contributed by atoms with van der Waals surface area (Å²) in [4.78, 5) is 23.8. The van der Waals surface area contributed by atoms with Gasteiger partial charge in [-0.05, 0) is 25.2 Å². The predicted molar refractivity (Wildman–Crippen MR) is 89.5 cm³/mol. The van der Waals surface area contributed by atoms with Gasteiger partial charge in [0.15, 0.2) is 11.5 Å². The van der Waals surface area contributed by atoms with E-state index >= 15 is 0 Å². The third kappa shape index (κ3) is 3.47. The fraction of sp³-hybridized carbons (Fsp3) is 0.667. The summed E-state index contributed by atoms with van der Waals surface area (Å²) in [6, 6.07) is 0. The second-order valence-electron chi connectivity index (χ2n) is 6.01. The Balaban J connectivity index is 1.89. The van der Waals surface area contributed by atoms with Gasteiger partial charge in [0.2, 0.25) is 5.95 Å². The smallest absolute Gasteiger partial charge is 0.327 e. The van der Waals surface area contributed by atoms with E-state index < -0.39 is 0 Å². The average Bonchev–Trinajstić information content (AvgIpc) is 2.86. The first-order chi connectivity index (χ1) is 11.2. The van der Waals surface area contributed by atoms with Crippen LogP contribution in [-0.4, -0.2) is 39.3 Å². The molecule has 0 spiro atoms. The number of rotatable bonds is 6. The van der Waals surface area contributed by atoms with Gasteiger partial charge < -0.3 is 20.8 Å². The SMILES string of the molecule is CCCCNc1nc(N)c2[nH]c(=O)n(CC3CCOCC3)c2n1. The van der Waals surface area contributed by atoms with Crippen LogP contribution in [0.2, 0.25) is 0 Å².